The molecule has 6 nitrogen and oxygen atoms in total. The molecule has 1 unspecified atom stereocenters. The van der Waals surface area contributed by atoms with Crippen molar-refractivity contribution in [1.82, 2.24) is 10.7 Å². The Kier molecular flexibility index (Phi) is 8.61. The van der Waals surface area contributed by atoms with Crippen LogP contribution in [0, 0.1) is 5.92 Å². The molecule has 0 aliphatic heterocycles. The van der Waals surface area contributed by atoms with Crippen LogP contribution in [-0.4, -0.2) is 24.1 Å². The van der Waals surface area contributed by atoms with Crippen molar-refractivity contribution in [1.29, 1.82) is 0 Å². The summed E-state index contributed by atoms with van der Waals surface area (Å²) in [5, 5.41) is 7.22. The van der Waals surface area contributed by atoms with E-state index in [0.717, 1.165) is 16.9 Å². The third kappa shape index (κ3) is 7.47. The van der Waals surface area contributed by atoms with Gasteiger partial charge in [0.2, 0.25) is 0 Å². The van der Waals surface area contributed by atoms with Gasteiger partial charge in [-0.15, -0.1) is 0 Å². The van der Waals surface area contributed by atoms with Crippen LogP contribution in [0.3, 0.4) is 0 Å². The van der Waals surface area contributed by atoms with Crippen molar-refractivity contribution in [3.8, 4) is 5.75 Å². The SMILES string of the molecule is CC(C)C(NC(=O)c1cccc(Cl)c1)C(=O)NN=Cc1ccc(OCc2ccccc2)cc1. The van der Waals surface area contributed by atoms with E-state index in [1.165, 1.54) is 6.21 Å². The van der Waals surface area contributed by atoms with Crippen LogP contribution in [0.2, 0.25) is 5.02 Å². The Hall–Kier alpha value is -3.64. The molecule has 0 aliphatic carbocycles. The number of halogens is 1. The number of hydrogen-bond donors (Lipinski definition) is 2. The van der Waals surface area contributed by atoms with Gasteiger partial charge in [0.15, 0.2) is 0 Å². The van der Waals surface area contributed by atoms with Crippen molar-refractivity contribution < 1.29 is 14.3 Å². The van der Waals surface area contributed by atoms with E-state index in [1.54, 1.807) is 24.3 Å². The molecule has 3 aromatic rings. The maximum Gasteiger partial charge on any atom is 0.262 e. The fraction of sp³-hybridized carbons (Fsp3) is 0.192. The lowest BCUT2D eigenvalue weighted by Crippen LogP contribution is -2.48. The lowest BCUT2D eigenvalue weighted by molar-refractivity contribution is -0.123. The highest BCUT2D eigenvalue weighted by atomic mass is 35.5. The minimum absolute atomic E-state index is 0.135. The number of nitrogens with one attached hydrogen (secondary N) is 2. The van der Waals surface area contributed by atoms with E-state index in [-0.39, 0.29) is 11.8 Å². The molecular formula is C26H26ClN3O3. The summed E-state index contributed by atoms with van der Waals surface area (Å²) in [5.41, 5.74) is 4.78. The summed E-state index contributed by atoms with van der Waals surface area (Å²) in [5.74, 6) is -0.172. The number of nitrogens with zero attached hydrogens (tertiary/aromatic N) is 1. The predicted molar refractivity (Wildman–Crippen MR) is 130 cm³/mol. The average Bonchev–Trinajstić information content (AvgIpc) is 2.82. The molecule has 0 spiro atoms. The van der Waals surface area contributed by atoms with Gasteiger partial charge in [-0.25, -0.2) is 5.43 Å². The summed E-state index contributed by atoms with van der Waals surface area (Å²) >= 11 is 5.95. The Labute approximate surface area is 198 Å². The number of benzene rings is 3. The molecular weight excluding hydrogens is 438 g/mol. The number of rotatable bonds is 9. The summed E-state index contributed by atoms with van der Waals surface area (Å²) < 4.78 is 5.77. The van der Waals surface area contributed by atoms with E-state index in [9.17, 15) is 9.59 Å². The van der Waals surface area contributed by atoms with Crippen molar-refractivity contribution in [2.75, 3.05) is 0 Å². The summed E-state index contributed by atoms with van der Waals surface area (Å²) in [6, 6.07) is 23.1. The van der Waals surface area contributed by atoms with E-state index >= 15 is 0 Å². The number of carbonyl (C=O) groups is 2. The molecule has 2 N–H and O–H groups in total. The van der Waals surface area contributed by atoms with Crippen molar-refractivity contribution in [3.63, 3.8) is 0 Å². The van der Waals surface area contributed by atoms with E-state index in [1.807, 2.05) is 68.4 Å². The van der Waals surface area contributed by atoms with Crippen molar-refractivity contribution >= 4 is 29.6 Å². The minimum Gasteiger partial charge on any atom is -0.489 e. The fourth-order valence-electron chi connectivity index (χ4n) is 3.02. The largest absolute Gasteiger partial charge is 0.489 e. The second-order valence-corrected chi connectivity index (χ2v) is 8.22. The van der Waals surface area contributed by atoms with Crippen LogP contribution >= 0.6 is 11.6 Å². The molecule has 0 aliphatic rings. The zero-order valence-electron chi connectivity index (χ0n) is 18.5. The lowest BCUT2D eigenvalue weighted by atomic mass is 10.0. The summed E-state index contributed by atoms with van der Waals surface area (Å²) in [6.45, 7) is 4.18. The van der Waals surface area contributed by atoms with Gasteiger partial charge < -0.3 is 10.1 Å². The van der Waals surface area contributed by atoms with Crippen LogP contribution in [0.1, 0.15) is 35.3 Å². The van der Waals surface area contributed by atoms with E-state index in [2.05, 4.69) is 15.8 Å². The van der Waals surface area contributed by atoms with Gasteiger partial charge in [0.05, 0.1) is 6.21 Å². The van der Waals surface area contributed by atoms with Crippen LogP contribution < -0.4 is 15.5 Å². The van der Waals surface area contributed by atoms with Gasteiger partial charge in [0.25, 0.3) is 11.8 Å². The zero-order chi connectivity index (χ0) is 23.6. The molecule has 0 saturated carbocycles. The maximum absolute atomic E-state index is 12.6. The van der Waals surface area contributed by atoms with E-state index < -0.39 is 11.9 Å². The molecule has 170 valence electrons. The third-order valence-corrected chi connectivity index (χ3v) is 5.07. The van der Waals surface area contributed by atoms with Gasteiger partial charge in [-0.1, -0.05) is 61.8 Å². The van der Waals surface area contributed by atoms with Crippen LogP contribution in [0.5, 0.6) is 5.75 Å². The quantitative estimate of drug-likeness (QED) is 0.352. The van der Waals surface area contributed by atoms with Crippen LogP contribution in [0.25, 0.3) is 0 Å². The van der Waals surface area contributed by atoms with E-state index in [4.69, 9.17) is 16.3 Å². The molecule has 0 heterocycles. The second-order valence-electron chi connectivity index (χ2n) is 7.78. The van der Waals surface area contributed by atoms with Crippen molar-refractivity contribution in [3.05, 3.63) is 101 Å². The molecule has 0 fully saturated rings. The highest BCUT2D eigenvalue weighted by Gasteiger charge is 2.24. The maximum atomic E-state index is 12.6. The molecule has 0 saturated heterocycles. The van der Waals surface area contributed by atoms with E-state index in [0.29, 0.717) is 17.2 Å². The van der Waals surface area contributed by atoms with Crippen LogP contribution in [0.4, 0.5) is 0 Å². The molecule has 3 rings (SSSR count). The first kappa shape index (κ1) is 24.0. The zero-order valence-corrected chi connectivity index (χ0v) is 19.3. The summed E-state index contributed by atoms with van der Waals surface area (Å²) in [6.07, 6.45) is 1.54. The first-order chi connectivity index (χ1) is 15.9. The number of hydrazone groups is 1. The van der Waals surface area contributed by atoms with Gasteiger partial charge in [-0.3, -0.25) is 9.59 Å². The molecule has 2 amide bonds. The summed E-state index contributed by atoms with van der Waals surface area (Å²) in [7, 11) is 0. The standard InChI is InChI=1S/C26H26ClN3O3/c1-18(2)24(29-25(31)21-9-6-10-22(27)15-21)26(32)30-28-16-19-11-13-23(14-12-19)33-17-20-7-4-3-5-8-20/h3-16,18,24H,17H2,1-2H3,(H,29,31)(H,30,32). The van der Waals surface area contributed by atoms with Gasteiger partial charge >= 0.3 is 0 Å². The Bertz CT molecular complexity index is 1100. The van der Waals surface area contributed by atoms with Gasteiger partial charge in [-0.2, -0.15) is 5.10 Å². The lowest BCUT2D eigenvalue weighted by Gasteiger charge is -2.20. The molecule has 0 radical (unpaired) electrons. The molecule has 33 heavy (non-hydrogen) atoms. The normalized spacial score (nSPS) is 11.9. The highest BCUT2D eigenvalue weighted by molar-refractivity contribution is 6.31. The molecule has 0 aromatic heterocycles. The first-order valence-electron chi connectivity index (χ1n) is 10.6. The monoisotopic (exact) mass is 463 g/mol. The Balaban J connectivity index is 1.53. The average molecular weight is 464 g/mol. The van der Waals surface area contributed by atoms with Gasteiger partial charge in [-0.05, 0) is 59.5 Å². The van der Waals surface area contributed by atoms with Crippen LogP contribution in [-0.2, 0) is 11.4 Å². The van der Waals surface area contributed by atoms with Crippen molar-refractivity contribution in [2.24, 2.45) is 11.0 Å². The van der Waals surface area contributed by atoms with Crippen LogP contribution in [0.15, 0.2) is 84.0 Å². The number of amides is 2. The van der Waals surface area contributed by atoms with Gasteiger partial charge in [0, 0.05) is 10.6 Å². The fourth-order valence-corrected chi connectivity index (χ4v) is 3.21. The minimum atomic E-state index is -0.748. The summed E-state index contributed by atoms with van der Waals surface area (Å²) in [4.78, 5) is 25.1. The Morgan fingerprint density at radius 3 is 2.39 bits per heavy atom. The Morgan fingerprint density at radius 2 is 1.73 bits per heavy atom. The number of hydrogen-bond acceptors (Lipinski definition) is 4. The Morgan fingerprint density at radius 1 is 1.00 bits per heavy atom. The second kappa shape index (κ2) is 11.8. The molecule has 0 bridgehead atoms. The molecule has 1 atom stereocenters. The molecule has 7 heteroatoms. The highest BCUT2D eigenvalue weighted by Crippen LogP contribution is 2.14. The number of carbonyl (C=O) groups excluding carboxylic acids is 2. The first-order valence-corrected chi connectivity index (χ1v) is 11.0. The van der Waals surface area contributed by atoms with Gasteiger partial charge in [0.1, 0.15) is 18.4 Å². The number of ether oxygens (including phenoxy) is 1. The smallest absolute Gasteiger partial charge is 0.262 e. The third-order valence-electron chi connectivity index (χ3n) is 4.84. The topological polar surface area (TPSA) is 79.8 Å². The van der Waals surface area contributed by atoms with Crippen molar-refractivity contribution in [2.45, 2.75) is 26.5 Å². The predicted octanol–water partition coefficient (Wildman–Crippen LogP) is 4.82. The molecule has 3 aromatic carbocycles.